The monoisotopic (exact) mass is 416 g/mol. The standard InChI is InChI=1S/C26H37FO3/c1-3-5-6-7-23-17-22-15-14-21(25(27)24(22)26(28)30-23)13-12-19-8-10-20(11-9-19)18-29-16-4-2/h14-15,17,19-20H,3-13,16,18H2,1-2H3. The summed E-state index contributed by atoms with van der Waals surface area (Å²) in [5.41, 5.74) is 0.105. The minimum atomic E-state index is -0.536. The Hall–Kier alpha value is -1.68. The normalized spacial score (nSPS) is 19.4. The fraction of sp³-hybridized carbons (Fsp3) is 0.654. The maximum absolute atomic E-state index is 15.1. The molecule has 1 heterocycles. The topological polar surface area (TPSA) is 39.4 Å². The smallest absolute Gasteiger partial charge is 0.346 e. The summed E-state index contributed by atoms with van der Waals surface area (Å²) >= 11 is 0. The molecule has 0 radical (unpaired) electrons. The SMILES string of the molecule is CCCCCc1cc2ccc(CCC3CCC(COCCC)CC3)c(F)c2c(=O)o1. The van der Waals surface area contributed by atoms with Crippen LogP contribution >= 0.6 is 0 Å². The fourth-order valence-electron chi connectivity index (χ4n) is 4.64. The molecule has 30 heavy (non-hydrogen) atoms. The Balaban J connectivity index is 1.58. The molecule has 1 aromatic heterocycles. The number of hydrogen-bond donors (Lipinski definition) is 0. The van der Waals surface area contributed by atoms with Gasteiger partial charge in [0, 0.05) is 19.6 Å². The van der Waals surface area contributed by atoms with Gasteiger partial charge in [0.2, 0.25) is 0 Å². The van der Waals surface area contributed by atoms with Gasteiger partial charge in [-0.2, -0.15) is 0 Å². The second-order valence-corrected chi connectivity index (χ2v) is 8.96. The van der Waals surface area contributed by atoms with Gasteiger partial charge in [0.25, 0.3) is 0 Å². The Labute approximate surface area is 180 Å². The molecule has 0 aliphatic heterocycles. The van der Waals surface area contributed by atoms with Crippen LogP contribution in [0.3, 0.4) is 0 Å². The van der Waals surface area contributed by atoms with Crippen LogP contribution < -0.4 is 5.63 Å². The Morgan fingerprint density at radius 1 is 1.03 bits per heavy atom. The van der Waals surface area contributed by atoms with Crippen LogP contribution in [0.15, 0.2) is 27.4 Å². The molecule has 3 nitrogen and oxygen atoms in total. The quantitative estimate of drug-likeness (QED) is 0.377. The third-order valence-corrected chi connectivity index (χ3v) is 6.52. The van der Waals surface area contributed by atoms with E-state index < -0.39 is 5.63 Å². The molecule has 0 amide bonds. The first-order valence-electron chi connectivity index (χ1n) is 11.9. The molecular formula is C26H37FO3. The Morgan fingerprint density at radius 2 is 1.80 bits per heavy atom. The molecule has 4 heteroatoms. The average Bonchev–Trinajstić information content (AvgIpc) is 2.74. The predicted molar refractivity (Wildman–Crippen MR) is 121 cm³/mol. The molecule has 0 spiro atoms. The van der Waals surface area contributed by atoms with Crippen LogP contribution in [-0.4, -0.2) is 13.2 Å². The van der Waals surface area contributed by atoms with Crippen LogP contribution in [0.25, 0.3) is 10.8 Å². The summed E-state index contributed by atoms with van der Waals surface area (Å²) in [6.07, 6.45) is 11.5. The minimum Gasteiger partial charge on any atom is -0.427 e. The van der Waals surface area contributed by atoms with E-state index in [1.807, 2.05) is 18.2 Å². The van der Waals surface area contributed by atoms with Crippen LogP contribution in [0.5, 0.6) is 0 Å². The van der Waals surface area contributed by atoms with E-state index in [4.69, 9.17) is 9.15 Å². The van der Waals surface area contributed by atoms with Gasteiger partial charge in [0.1, 0.15) is 17.0 Å². The Kier molecular flexibility index (Phi) is 8.92. The molecule has 166 valence electrons. The minimum absolute atomic E-state index is 0.114. The third kappa shape index (κ3) is 6.16. The van der Waals surface area contributed by atoms with Crippen LogP contribution in [0.2, 0.25) is 0 Å². The summed E-state index contributed by atoms with van der Waals surface area (Å²) < 4.78 is 26.2. The van der Waals surface area contributed by atoms with E-state index in [9.17, 15) is 4.79 Å². The predicted octanol–water partition coefficient (Wildman–Crippen LogP) is 6.83. The van der Waals surface area contributed by atoms with E-state index in [1.165, 1.54) is 25.7 Å². The van der Waals surface area contributed by atoms with Gasteiger partial charge < -0.3 is 9.15 Å². The van der Waals surface area contributed by atoms with Crippen molar-refractivity contribution in [1.82, 2.24) is 0 Å². The zero-order chi connectivity index (χ0) is 21.3. The van der Waals surface area contributed by atoms with Gasteiger partial charge in [-0.1, -0.05) is 51.7 Å². The number of unbranched alkanes of at least 4 members (excludes halogenated alkanes) is 2. The number of fused-ring (bicyclic) bond motifs is 1. The fourth-order valence-corrected chi connectivity index (χ4v) is 4.64. The highest BCUT2D eigenvalue weighted by molar-refractivity contribution is 5.82. The third-order valence-electron chi connectivity index (χ3n) is 6.52. The summed E-state index contributed by atoms with van der Waals surface area (Å²) in [5.74, 6) is 1.59. The first kappa shape index (κ1) is 23.0. The summed E-state index contributed by atoms with van der Waals surface area (Å²) in [5, 5.41) is 0.773. The lowest BCUT2D eigenvalue weighted by atomic mass is 9.80. The van der Waals surface area contributed by atoms with Gasteiger partial charge in [-0.05, 0) is 67.4 Å². The first-order chi connectivity index (χ1) is 14.6. The number of aryl methyl sites for hydroxylation is 2. The van der Waals surface area contributed by atoms with Gasteiger partial charge in [0.05, 0.1) is 0 Å². The van der Waals surface area contributed by atoms with E-state index in [0.29, 0.717) is 35.0 Å². The van der Waals surface area contributed by atoms with Gasteiger partial charge in [-0.25, -0.2) is 9.18 Å². The van der Waals surface area contributed by atoms with Gasteiger partial charge in [0.15, 0.2) is 0 Å². The molecule has 0 N–H and O–H groups in total. The van der Waals surface area contributed by atoms with Crippen molar-refractivity contribution in [3.8, 4) is 0 Å². The van der Waals surface area contributed by atoms with E-state index in [2.05, 4.69) is 13.8 Å². The van der Waals surface area contributed by atoms with Crippen LogP contribution in [-0.2, 0) is 17.6 Å². The van der Waals surface area contributed by atoms with Crippen molar-refractivity contribution in [2.75, 3.05) is 13.2 Å². The van der Waals surface area contributed by atoms with E-state index in [-0.39, 0.29) is 11.2 Å². The summed E-state index contributed by atoms with van der Waals surface area (Å²) in [4.78, 5) is 12.4. The number of hydrogen-bond acceptors (Lipinski definition) is 3. The summed E-state index contributed by atoms with van der Waals surface area (Å²) in [6, 6.07) is 5.58. The molecular weight excluding hydrogens is 379 g/mol. The van der Waals surface area contributed by atoms with Crippen molar-refractivity contribution in [1.29, 1.82) is 0 Å². The lowest BCUT2D eigenvalue weighted by Crippen LogP contribution is -2.19. The molecule has 1 saturated carbocycles. The zero-order valence-corrected chi connectivity index (χ0v) is 18.7. The van der Waals surface area contributed by atoms with E-state index >= 15 is 4.39 Å². The van der Waals surface area contributed by atoms with Gasteiger partial charge in [-0.15, -0.1) is 0 Å². The highest BCUT2D eigenvalue weighted by Gasteiger charge is 2.22. The number of rotatable bonds is 11. The molecule has 1 aliphatic rings. The van der Waals surface area contributed by atoms with Crippen LogP contribution in [0.4, 0.5) is 4.39 Å². The molecule has 1 aliphatic carbocycles. The second kappa shape index (κ2) is 11.6. The molecule has 0 saturated heterocycles. The first-order valence-corrected chi connectivity index (χ1v) is 11.9. The Bertz CT molecular complexity index is 849. The lowest BCUT2D eigenvalue weighted by Gasteiger charge is -2.28. The number of benzene rings is 1. The second-order valence-electron chi connectivity index (χ2n) is 8.96. The molecule has 3 rings (SSSR count). The summed E-state index contributed by atoms with van der Waals surface area (Å²) in [6.45, 7) is 6.02. The highest BCUT2D eigenvalue weighted by Crippen LogP contribution is 2.32. The molecule has 1 aromatic carbocycles. The zero-order valence-electron chi connectivity index (χ0n) is 18.7. The largest absolute Gasteiger partial charge is 0.427 e. The Morgan fingerprint density at radius 3 is 2.53 bits per heavy atom. The van der Waals surface area contributed by atoms with Gasteiger partial charge >= 0.3 is 5.63 Å². The van der Waals surface area contributed by atoms with Crippen molar-refractivity contribution in [2.24, 2.45) is 11.8 Å². The molecule has 0 atom stereocenters. The van der Waals surface area contributed by atoms with Crippen molar-refractivity contribution >= 4 is 10.8 Å². The molecule has 0 bridgehead atoms. The van der Waals surface area contributed by atoms with Gasteiger partial charge in [-0.3, -0.25) is 0 Å². The highest BCUT2D eigenvalue weighted by atomic mass is 19.1. The molecule has 0 unspecified atom stereocenters. The molecule has 2 aromatic rings. The van der Waals surface area contributed by atoms with Crippen LogP contribution in [0, 0.1) is 17.7 Å². The van der Waals surface area contributed by atoms with Crippen molar-refractivity contribution in [2.45, 2.75) is 84.5 Å². The maximum atomic E-state index is 15.1. The maximum Gasteiger partial charge on any atom is 0.346 e. The lowest BCUT2D eigenvalue weighted by molar-refractivity contribution is 0.0774. The number of halogens is 1. The van der Waals surface area contributed by atoms with E-state index in [0.717, 1.165) is 51.7 Å². The average molecular weight is 417 g/mol. The van der Waals surface area contributed by atoms with Crippen molar-refractivity contribution in [3.05, 3.63) is 45.8 Å². The van der Waals surface area contributed by atoms with Crippen molar-refractivity contribution < 1.29 is 13.5 Å². The summed E-state index contributed by atoms with van der Waals surface area (Å²) in [7, 11) is 0. The number of ether oxygens (including phenoxy) is 1. The molecule has 1 fully saturated rings. The van der Waals surface area contributed by atoms with Crippen molar-refractivity contribution in [3.63, 3.8) is 0 Å². The van der Waals surface area contributed by atoms with Crippen LogP contribution in [0.1, 0.15) is 83.0 Å². The van der Waals surface area contributed by atoms with E-state index in [1.54, 1.807) is 0 Å².